The first-order valence-electron chi connectivity index (χ1n) is 8.70. The van der Waals surface area contributed by atoms with Crippen molar-refractivity contribution in [3.05, 3.63) is 35.9 Å². The fourth-order valence-corrected chi connectivity index (χ4v) is 4.16. The lowest BCUT2D eigenvalue weighted by Crippen LogP contribution is -2.71. The number of ether oxygens (including phenoxy) is 1. The molecular weight excluding hydrogens is 413 g/mol. The highest BCUT2D eigenvalue weighted by molar-refractivity contribution is 14.0. The van der Waals surface area contributed by atoms with Gasteiger partial charge in [0.2, 0.25) is 0 Å². The molecule has 0 spiro atoms. The number of aliphatic imine (C=N–C) groups is 1. The molecule has 24 heavy (non-hydrogen) atoms. The van der Waals surface area contributed by atoms with Crippen molar-refractivity contribution in [2.75, 3.05) is 13.7 Å². The van der Waals surface area contributed by atoms with Crippen molar-refractivity contribution < 1.29 is 4.74 Å². The number of hydrogen-bond acceptors (Lipinski definition) is 2. The molecule has 1 saturated heterocycles. The van der Waals surface area contributed by atoms with Crippen molar-refractivity contribution in [3.63, 3.8) is 0 Å². The van der Waals surface area contributed by atoms with Gasteiger partial charge in [-0.15, -0.1) is 24.0 Å². The van der Waals surface area contributed by atoms with E-state index in [0.29, 0.717) is 18.1 Å². The van der Waals surface area contributed by atoms with Crippen LogP contribution in [0.15, 0.2) is 35.3 Å². The fourth-order valence-electron chi connectivity index (χ4n) is 4.16. The summed E-state index contributed by atoms with van der Waals surface area (Å²) in [5.74, 6) is 1.48. The molecule has 4 nitrogen and oxygen atoms in total. The Labute approximate surface area is 162 Å². The fraction of sp³-hybridized carbons (Fsp3) is 0.632. The average molecular weight is 443 g/mol. The predicted octanol–water partition coefficient (Wildman–Crippen LogP) is 3.73. The number of benzene rings is 1. The lowest BCUT2D eigenvalue weighted by atomic mass is 9.55. The number of halogens is 1. The minimum atomic E-state index is 0. The van der Waals surface area contributed by atoms with Crippen LogP contribution in [0.4, 0.5) is 0 Å². The molecule has 0 radical (unpaired) electrons. The van der Waals surface area contributed by atoms with Crippen LogP contribution in [0.5, 0.6) is 0 Å². The molecule has 2 N–H and O–H groups in total. The first kappa shape index (κ1) is 19.5. The minimum absolute atomic E-state index is 0. The number of hydrogen-bond donors (Lipinski definition) is 2. The highest BCUT2D eigenvalue weighted by Crippen LogP contribution is 2.51. The SMILES string of the molecule is CN=C(NC(C)c1ccccc1)NC1C2CCCOC2C1(C)C.I. The molecule has 2 fully saturated rings. The number of guanidine groups is 1. The predicted molar refractivity (Wildman–Crippen MR) is 110 cm³/mol. The highest BCUT2D eigenvalue weighted by atomic mass is 127. The summed E-state index contributed by atoms with van der Waals surface area (Å²) in [4.78, 5) is 4.43. The summed E-state index contributed by atoms with van der Waals surface area (Å²) in [7, 11) is 1.84. The second kappa shape index (κ2) is 8.04. The standard InChI is InChI=1S/C19H29N3O.HI/c1-13(14-9-6-5-7-10-14)21-18(20-4)22-16-15-11-8-12-23-17(15)19(16,2)3;/h5-7,9-10,13,15-17H,8,11-12H2,1-4H3,(H2,20,21,22);1H. The topological polar surface area (TPSA) is 45.7 Å². The van der Waals surface area contributed by atoms with E-state index in [1.54, 1.807) is 0 Å². The molecular formula is C19H30IN3O. The van der Waals surface area contributed by atoms with Crippen molar-refractivity contribution in [3.8, 4) is 0 Å². The van der Waals surface area contributed by atoms with Crippen LogP contribution in [0.1, 0.15) is 45.2 Å². The van der Waals surface area contributed by atoms with Crippen molar-refractivity contribution in [1.82, 2.24) is 10.6 Å². The van der Waals surface area contributed by atoms with E-state index in [2.05, 4.69) is 60.7 Å². The second-order valence-corrected chi connectivity index (χ2v) is 7.39. The quantitative estimate of drug-likeness (QED) is 0.425. The van der Waals surface area contributed by atoms with Crippen LogP contribution in [-0.2, 0) is 4.74 Å². The first-order chi connectivity index (χ1) is 11.0. The Morgan fingerprint density at radius 1 is 1.29 bits per heavy atom. The highest BCUT2D eigenvalue weighted by Gasteiger charge is 2.58. The molecule has 1 saturated carbocycles. The van der Waals surface area contributed by atoms with Crippen LogP contribution < -0.4 is 10.6 Å². The van der Waals surface area contributed by atoms with Crippen LogP contribution in [0.25, 0.3) is 0 Å². The summed E-state index contributed by atoms with van der Waals surface area (Å²) >= 11 is 0. The third kappa shape index (κ3) is 3.72. The van der Waals surface area contributed by atoms with E-state index in [9.17, 15) is 0 Å². The molecule has 1 aromatic carbocycles. The summed E-state index contributed by atoms with van der Waals surface area (Å²) < 4.78 is 5.99. The Morgan fingerprint density at radius 3 is 2.67 bits per heavy atom. The first-order valence-corrected chi connectivity index (χ1v) is 8.70. The normalized spacial score (nSPS) is 29.5. The third-order valence-electron chi connectivity index (χ3n) is 5.50. The van der Waals surface area contributed by atoms with Gasteiger partial charge in [-0.25, -0.2) is 0 Å². The van der Waals surface area contributed by atoms with Crippen molar-refractivity contribution in [2.24, 2.45) is 16.3 Å². The summed E-state index contributed by atoms with van der Waals surface area (Å²) in [6.45, 7) is 7.67. The van der Waals surface area contributed by atoms with Gasteiger partial charge in [0.25, 0.3) is 0 Å². The van der Waals surface area contributed by atoms with E-state index in [0.717, 1.165) is 12.6 Å². The maximum atomic E-state index is 5.99. The number of fused-ring (bicyclic) bond motifs is 1. The molecule has 3 rings (SSSR count). The van der Waals surface area contributed by atoms with Crippen LogP contribution in [0.2, 0.25) is 0 Å². The summed E-state index contributed by atoms with van der Waals surface area (Å²) in [5.41, 5.74) is 1.42. The molecule has 1 aromatic rings. The summed E-state index contributed by atoms with van der Waals surface area (Å²) in [6, 6.07) is 11.1. The molecule has 1 aliphatic carbocycles. The van der Waals surface area contributed by atoms with E-state index in [-0.39, 0.29) is 35.4 Å². The molecule has 5 heteroatoms. The molecule has 0 amide bonds. The molecule has 1 heterocycles. The average Bonchev–Trinajstić information content (AvgIpc) is 2.59. The van der Waals surface area contributed by atoms with Gasteiger partial charge in [0.1, 0.15) is 0 Å². The Bertz CT molecular complexity index is 561. The maximum absolute atomic E-state index is 5.99. The molecule has 4 unspecified atom stereocenters. The van der Waals surface area contributed by atoms with Gasteiger partial charge in [-0.3, -0.25) is 4.99 Å². The van der Waals surface area contributed by atoms with Crippen molar-refractivity contribution in [2.45, 2.75) is 51.8 Å². The molecule has 2 aliphatic rings. The van der Waals surface area contributed by atoms with Crippen LogP contribution in [0, 0.1) is 11.3 Å². The zero-order valence-corrected chi connectivity index (χ0v) is 17.4. The van der Waals surface area contributed by atoms with E-state index in [4.69, 9.17) is 4.74 Å². The Hall–Kier alpha value is -0.820. The van der Waals surface area contributed by atoms with Crippen LogP contribution in [-0.4, -0.2) is 31.8 Å². The van der Waals surface area contributed by atoms with Crippen molar-refractivity contribution in [1.29, 1.82) is 0 Å². The van der Waals surface area contributed by atoms with Gasteiger partial charge in [-0.1, -0.05) is 44.2 Å². The van der Waals surface area contributed by atoms with E-state index < -0.39 is 0 Å². The van der Waals surface area contributed by atoms with Gasteiger partial charge < -0.3 is 15.4 Å². The second-order valence-electron chi connectivity index (χ2n) is 7.39. The number of nitrogens with one attached hydrogen (secondary N) is 2. The van der Waals surface area contributed by atoms with Gasteiger partial charge in [0.05, 0.1) is 12.1 Å². The van der Waals surface area contributed by atoms with Gasteiger partial charge >= 0.3 is 0 Å². The monoisotopic (exact) mass is 443 g/mol. The molecule has 1 aliphatic heterocycles. The lowest BCUT2D eigenvalue weighted by Gasteiger charge is -2.60. The van der Waals surface area contributed by atoms with Gasteiger partial charge in [-0.2, -0.15) is 0 Å². The van der Waals surface area contributed by atoms with Crippen LogP contribution >= 0.6 is 24.0 Å². The Balaban J connectivity index is 0.00000208. The molecule has 0 bridgehead atoms. The largest absolute Gasteiger partial charge is 0.377 e. The maximum Gasteiger partial charge on any atom is 0.191 e. The number of nitrogens with zero attached hydrogens (tertiary/aromatic N) is 1. The Morgan fingerprint density at radius 2 is 2.00 bits per heavy atom. The minimum Gasteiger partial charge on any atom is -0.377 e. The third-order valence-corrected chi connectivity index (χ3v) is 5.50. The Kier molecular flexibility index (Phi) is 6.53. The van der Waals surface area contributed by atoms with Crippen molar-refractivity contribution >= 4 is 29.9 Å². The molecule has 4 atom stereocenters. The van der Waals surface area contributed by atoms with Gasteiger partial charge in [-0.05, 0) is 25.3 Å². The smallest absolute Gasteiger partial charge is 0.191 e. The summed E-state index contributed by atoms with van der Waals surface area (Å²) in [5, 5.41) is 7.17. The van der Waals surface area contributed by atoms with Gasteiger partial charge in [0.15, 0.2) is 5.96 Å². The zero-order chi connectivity index (χ0) is 16.4. The van der Waals surface area contributed by atoms with E-state index >= 15 is 0 Å². The van der Waals surface area contributed by atoms with E-state index in [1.807, 2.05) is 13.1 Å². The lowest BCUT2D eigenvalue weighted by molar-refractivity contribution is -0.188. The van der Waals surface area contributed by atoms with Gasteiger partial charge in [0, 0.05) is 31.0 Å². The summed E-state index contributed by atoms with van der Waals surface area (Å²) in [6.07, 6.45) is 2.80. The van der Waals surface area contributed by atoms with E-state index in [1.165, 1.54) is 18.4 Å². The number of rotatable bonds is 3. The molecule has 0 aromatic heterocycles. The van der Waals surface area contributed by atoms with Crippen LogP contribution in [0.3, 0.4) is 0 Å². The molecule has 134 valence electrons. The zero-order valence-electron chi connectivity index (χ0n) is 15.1.